The van der Waals surface area contributed by atoms with E-state index in [1.54, 1.807) is 0 Å². The molecule has 0 bridgehead atoms. The summed E-state index contributed by atoms with van der Waals surface area (Å²) in [7, 11) is 0. The molecular formula is C66H116O6. The second-order valence-corrected chi connectivity index (χ2v) is 20.6. The lowest BCUT2D eigenvalue weighted by Gasteiger charge is -2.18. The van der Waals surface area contributed by atoms with E-state index in [1.807, 2.05) is 0 Å². The normalized spacial score (nSPS) is 12.5. The molecule has 0 rings (SSSR count). The topological polar surface area (TPSA) is 78.9 Å². The molecule has 0 saturated heterocycles. The van der Waals surface area contributed by atoms with E-state index < -0.39 is 6.10 Å². The van der Waals surface area contributed by atoms with Crippen molar-refractivity contribution in [2.24, 2.45) is 0 Å². The first kappa shape index (κ1) is 68.8. The Balaban J connectivity index is 4.40. The predicted octanol–water partition coefficient (Wildman–Crippen LogP) is 20.9. The van der Waals surface area contributed by atoms with Crippen LogP contribution >= 0.6 is 0 Å². The highest BCUT2D eigenvalue weighted by molar-refractivity contribution is 5.71. The molecule has 0 amide bonds. The summed E-state index contributed by atoms with van der Waals surface area (Å²) < 4.78 is 16.9. The number of allylic oxidation sites excluding steroid dienone is 12. The van der Waals surface area contributed by atoms with Gasteiger partial charge in [0, 0.05) is 19.3 Å². The zero-order valence-corrected chi connectivity index (χ0v) is 47.7. The highest BCUT2D eigenvalue weighted by Crippen LogP contribution is 2.16. The minimum Gasteiger partial charge on any atom is -0.462 e. The van der Waals surface area contributed by atoms with E-state index in [1.165, 1.54) is 180 Å². The van der Waals surface area contributed by atoms with Crippen molar-refractivity contribution in [2.45, 2.75) is 316 Å². The Bertz CT molecular complexity index is 1340. The van der Waals surface area contributed by atoms with Crippen molar-refractivity contribution in [3.63, 3.8) is 0 Å². The van der Waals surface area contributed by atoms with Crippen molar-refractivity contribution >= 4 is 17.9 Å². The van der Waals surface area contributed by atoms with E-state index in [0.717, 1.165) is 89.9 Å². The Morgan fingerprint density at radius 3 is 0.792 bits per heavy atom. The van der Waals surface area contributed by atoms with Crippen LogP contribution in [-0.4, -0.2) is 37.2 Å². The Hall–Kier alpha value is -3.15. The van der Waals surface area contributed by atoms with E-state index in [9.17, 15) is 14.4 Å². The Morgan fingerprint density at radius 2 is 0.500 bits per heavy atom. The average Bonchev–Trinajstić information content (AvgIpc) is 3.38. The molecule has 6 heteroatoms. The second-order valence-electron chi connectivity index (χ2n) is 20.6. The van der Waals surface area contributed by atoms with Gasteiger partial charge in [-0.05, 0) is 116 Å². The van der Waals surface area contributed by atoms with Gasteiger partial charge in [0.25, 0.3) is 0 Å². The van der Waals surface area contributed by atoms with Crippen molar-refractivity contribution in [1.29, 1.82) is 0 Å². The number of rotatable bonds is 56. The fraction of sp³-hybridized carbons (Fsp3) is 0.773. The highest BCUT2D eigenvalue weighted by atomic mass is 16.6. The van der Waals surface area contributed by atoms with E-state index in [0.29, 0.717) is 19.3 Å². The maximum atomic E-state index is 12.9. The van der Waals surface area contributed by atoms with E-state index in [2.05, 4.69) is 93.7 Å². The first-order chi connectivity index (χ1) is 35.5. The molecule has 0 aliphatic carbocycles. The first-order valence-corrected chi connectivity index (χ1v) is 30.9. The van der Waals surface area contributed by atoms with E-state index >= 15 is 0 Å². The summed E-state index contributed by atoms with van der Waals surface area (Å²) in [4.78, 5) is 38.3. The van der Waals surface area contributed by atoms with E-state index in [4.69, 9.17) is 14.2 Å². The molecule has 0 aromatic rings. The van der Waals surface area contributed by atoms with Gasteiger partial charge in [-0.25, -0.2) is 0 Å². The van der Waals surface area contributed by atoms with Gasteiger partial charge < -0.3 is 14.2 Å². The summed E-state index contributed by atoms with van der Waals surface area (Å²) in [5.74, 6) is -0.893. The molecule has 1 unspecified atom stereocenters. The maximum absolute atomic E-state index is 12.9. The molecule has 0 aliphatic rings. The molecule has 0 fully saturated rings. The Labute approximate surface area is 446 Å². The quantitative estimate of drug-likeness (QED) is 0.0261. The van der Waals surface area contributed by atoms with Crippen LogP contribution in [0.1, 0.15) is 310 Å². The fourth-order valence-corrected chi connectivity index (χ4v) is 8.71. The lowest BCUT2D eigenvalue weighted by Crippen LogP contribution is -2.30. The second kappa shape index (κ2) is 60.4. The van der Waals surface area contributed by atoms with Crippen molar-refractivity contribution < 1.29 is 28.6 Å². The minimum atomic E-state index is -0.786. The van der Waals surface area contributed by atoms with Crippen LogP contribution in [0.25, 0.3) is 0 Å². The zero-order chi connectivity index (χ0) is 52.2. The van der Waals surface area contributed by atoms with Crippen LogP contribution in [0.3, 0.4) is 0 Å². The largest absolute Gasteiger partial charge is 0.462 e. The van der Waals surface area contributed by atoms with Gasteiger partial charge in [0.15, 0.2) is 6.10 Å². The number of unbranched alkanes of at least 4 members (excludes halogenated alkanes) is 33. The summed E-state index contributed by atoms with van der Waals surface area (Å²) in [6.45, 7) is 6.59. The highest BCUT2D eigenvalue weighted by Gasteiger charge is 2.19. The molecular weight excluding hydrogens is 889 g/mol. The number of esters is 3. The van der Waals surface area contributed by atoms with Gasteiger partial charge in [0.1, 0.15) is 13.2 Å². The fourth-order valence-electron chi connectivity index (χ4n) is 8.71. The zero-order valence-electron chi connectivity index (χ0n) is 47.7. The van der Waals surface area contributed by atoms with Crippen molar-refractivity contribution in [3.8, 4) is 0 Å². The third-order valence-corrected chi connectivity index (χ3v) is 13.4. The minimum absolute atomic E-state index is 0.0829. The van der Waals surface area contributed by atoms with Gasteiger partial charge in [-0.1, -0.05) is 248 Å². The van der Waals surface area contributed by atoms with Crippen LogP contribution in [0.15, 0.2) is 72.9 Å². The number of hydrogen-bond donors (Lipinski definition) is 0. The summed E-state index contributed by atoms with van der Waals surface area (Å²) in [5.41, 5.74) is 0. The summed E-state index contributed by atoms with van der Waals surface area (Å²) in [5, 5.41) is 0. The molecule has 6 nitrogen and oxygen atoms in total. The van der Waals surface area contributed by atoms with Gasteiger partial charge in [-0.2, -0.15) is 0 Å². The smallest absolute Gasteiger partial charge is 0.306 e. The van der Waals surface area contributed by atoms with Gasteiger partial charge >= 0.3 is 17.9 Å². The molecule has 0 N–H and O–H groups in total. The molecule has 0 spiro atoms. The molecule has 416 valence electrons. The summed E-state index contributed by atoms with van der Waals surface area (Å²) in [6.07, 6.45) is 77.4. The van der Waals surface area contributed by atoms with Crippen LogP contribution in [0, 0.1) is 0 Å². The van der Waals surface area contributed by atoms with Crippen LogP contribution in [-0.2, 0) is 28.6 Å². The molecule has 0 aliphatic heterocycles. The molecule has 0 radical (unpaired) electrons. The summed E-state index contributed by atoms with van der Waals surface area (Å²) >= 11 is 0. The molecule has 72 heavy (non-hydrogen) atoms. The van der Waals surface area contributed by atoms with Crippen molar-refractivity contribution in [3.05, 3.63) is 72.9 Å². The number of hydrogen-bond acceptors (Lipinski definition) is 6. The molecule has 0 heterocycles. The molecule has 0 aromatic heterocycles. The summed E-state index contributed by atoms with van der Waals surface area (Å²) in [6, 6.07) is 0. The average molecular weight is 1010 g/mol. The SMILES string of the molecule is CCCCC/C=C\C/C=C\CCCCCCCCCCCC(=O)OCC(COC(=O)CCCCCCC/C=C\C/C=C\CCCCCC)OC(=O)CCCCCCCCCCC/C=C\C/C=C\CCCCC. The van der Waals surface area contributed by atoms with E-state index in [-0.39, 0.29) is 31.1 Å². The number of ether oxygens (including phenoxy) is 3. The maximum Gasteiger partial charge on any atom is 0.306 e. The van der Waals surface area contributed by atoms with Gasteiger partial charge in [-0.15, -0.1) is 0 Å². The molecule has 0 saturated carbocycles. The lowest BCUT2D eigenvalue weighted by molar-refractivity contribution is -0.167. The third kappa shape index (κ3) is 57.7. The van der Waals surface area contributed by atoms with Crippen LogP contribution in [0.5, 0.6) is 0 Å². The van der Waals surface area contributed by atoms with Crippen molar-refractivity contribution in [2.75, 3.05) is 13.2 Å². The first-order valence-electron chi connectivity index (χ1n) is 30.9. The number of carbonyl (C=O) groups excluding carboxylic acids is 3. The Kier molecular flexibility index (Phi) is 57.8. The van der Waals surface area contributed by atoms with Gasteiger partial charge in [0.2, 0.25) is 0 Å². The van der Waals surface area contributed by atoms with Crippen LogP contribution < -0.4 is 0 Å². The standard InChI is InChI=1S/C66H116O6/c1-4-7-10-13-16-19-22-25-28-31-33-35-38-41-44-47-50-53-56-59-65(68)71-62-63(61-70-64(67)58-55-52-49-46-43-40-37-30-27-24-21-18-15-12-9-6-3)72-66(69)60-57-54-51-48-45-42-39-36-34-32-29-26-23-20-17-14-11-8-5-2/h16-17,19-21,24-26,28-30,37,63H,4-15,18,22-23,27,31-36,38-62H2,1-3H3/b19-16-,20-17-,24-21-,28-25-,29-26-,37-30-. The van der Waals surface area contributed by atoms with Gasteiger partial charge in [0.05, 0.1) is 0 Å². The lowest BCUT2D eigenvalue weighted by atomic mass is 10.1. The van der Waals surface area contributed by atoms with Crippen LogP contribution in [0.4, 0.5) is 0 Å². The van der Waals surface area contributed by atoms with Gasteiger partial charge in [-0.3, -0.25) is 14.4 Å². The number of carbonyl (C=O) groups is 3. The third-order valence-electron chi connectivity index (χ3n) is 13.4. The Morgan fingerprint density at radius 1 is 0.278 bits per heavy atom. The predicted molar refractivity (Wildman–Crippen MR) is 311 cm³/mol. The molecule has 1 atom stereocenters. The van der Waals surface area contributed by atoms with Crippen molar-refractivity contribution in [1.82, 2.24) is 0 Å². The van der Waals surface area contributed by atoms with Crippen LogP contribution in [0.2, 0.25) is 0 Å². The monoisotopic (exact) mass is 1000 g/mol. The molecule has 0 aromatic carbocycles.